The van der Waals surface area contributed by atoms with Gasteiger partial charge in [0.05, 0.1) is 0 Å². The van der Waals surface area contributed by atoms with Gasteiger partial charge in [0, 0.05) is 0 Å². The van der Waals surface area contributed by atoms with Crippen LogP contribution < -0.4 is 0 Å². The Kier molecular flexibility index (Phi) is 5.37. The normalized spacial score (nSPS) is 11.5. The molecule has 0 aliphatic carbocycles. The van der Waals surface area contributed by atoms with Gasteiger partial charge in [-0.05, 0) is 11.0 Å². The Hall–Kier alpha value is -1.07. The molecule has 5 heteroatoms. The fourth-order valence-electron chi connectivity index (χ4n) is 2.10. The summed E-state index contributed by atoms with van der Waals surface area (Å²) in [6.07, 6.45) is 0. The summed E-state index contributed by atoms with van der Waals surface area (Å²) in [4.78, 5) is 23.1. The van der Waals surface area contributed by atoms with Gasteiger partial charge in [0.25, 0.3) is 0 Å². The van der Waals surface area contributed by atoms with Crippen LogP contribution in [0, 0.1) is 5.41 Å². The highest BCUT2D eigenvalue weighted by atomic mass is 24.3. The van der Waals surface area contributed by atoms with Gasteiger partial charge in [-0.1, -0.05) is 51.1 Å². The van der Waals surface area contributed by atoms with E-state index in [4.69, 9.17) is 0 Å². The van der Waals surface area contributed by atoms with E-state index in [2.05, 4.69) is 0 Å². The van der Waals surface area contributed by atoms with Crippen LogP contribution in [-0.2, 0) is 15.0 Å². The van der Waals surface area contributed by atoms with E-state index in [1.54, 1.807) is 39.0 Å². The third kappa shape index (κ3) is 2.52. The molecule has 0 aliphatic heterocycles. The van der Waals surface area contributed by atoms with Gasteiger partial charge in [0.1, 0.15) is 0 Å². The molecule has 0 saturated heterocycles. The number of hydrogen-bond donors (Lipinski definition) is 2. The molecule has 0 amide bonds. The first-order valence-electron chi connectivity index (χ1n) is 5.27. The predicted octanol–water partition coefficient (Wildman–Crippen LogP) is 1.22. The highest BCUT2D eigenvalue weighted by Gasteiger charge is 2.57. The van der Waals surface area contributed by atoms with Crippen molar-refractivity contribution in [2.75, 3.05) is 0 Å². The van der Waals surface area contributed by atoms with E-state index < -0.39 is 22.8 Å². The van der Waals surface area contributed by atoms with E-state index in [1.165, 1.54) is 12.1 Å². The molecule has 1 rings (SSSR count). The van der Waals surface area contributed by atoms with Crippen molar-refractivity contribution >= 4 is 35.0 Å². The fourth-order valence-corrected chi connectivity index (χ4v) is 2.10. The van der Waals surface area contributed by atoms with E-state index in [0.29, 0.717) is 0 Å². The molecule has 96 valence electrons. The first kappa shape index (κ1) is 16.9. The van der Waals surface area contributed by atoms with Crippen molar-refractivity contribution in [3.63, 3.8) is 0 Å². The molecule has 1 aromatic rings. The lowest BCUT2D eigenvalue weighted by molar-refractivity contribution is -0.164. The SMILES string of the molecule is CC(C)(C)C(C(=O)O)(C(=O)O)c1ccccc1.[MgH2]. The summed E-state index contributed by atoms with van der Waals surface area (Å²) in [5, 5.41) is 18.8. The second-order valence-corrected chi connectivity index (χ2v) is 4.98. The topological polar surface area (TPSA) is 74.6 Å². The first-order valence-corrected chi connectivity index (χ1v) is 5.27. The molecule has 0 atom stereocenters. The quantitative estimate of drug-likeness (QED) is 0.634. The van der Waals surface area contributed by atoms with Crippen LogP contribution in [0.3, 0.4) is 0 Å². The van der Waals surface area contributed by atoms with Crippen molar-refractivity contribution in [1.82, 2.24) is 0 Å². The van der Waals surface area contributed by atoms with E-state index in [0.717, 1.165) is 0 Å². The van der Waals surface area contributed by atoms with Crippen molar-refractivity contribution in [2.45, 2.75) is 26.2 Å². The number of benzene rings is 1. The Bertz CT molecular complexity index is 420. The van der Waals surface area contributed by atoms with Crippen molar-refractivity contribution < 1.29 is 19.8 Å². The zero-order valence-corrected chi connectivity index (χ0v) is 10.1. The summed E-state index contributed by atoms with van der Waals surface area (Å²) in [7, 11) is 0. The third-order valence-electron chi connectivity index (χ3n) is 2.97. The number of rotatable bonds is 3. The standard InChI is InChI=1S/C13H16O4.Mg.2H/c1-12(2,3)13(10(14)15,11(16)17)9-7-5-4-6-8-9;;;/h4-8H,1-3H3,(H,14,15)(H,16,17);;;. The number of carboxylic acids is 2. The van der Waals surface area contributed by atoms with Gasteiger partial charge in [-0.25, -0.2) is 0 Å². The van der Waals surface area contributed by atoms with Crippen molar-refractivity contribution in [2.24, 2.45) is 5.41 Å². The molecule has 0 radical (unpaired) electrons. The van der Waals surface area contributed by atoms with Crippen LogP contribution in [0.25, 0.3) is 0 Å². The van der Waals surface area contributed by atoms with Crippen LogP contribution in [-0.4, -0.2) is 45.2 Å². The van der Waals surface area contributed by atoms with Gasteiger partial charge in [-0.15, -0.1) is 0 Å². The zero-order valence-electron chi connectivity index (χ0n) is 10.1. The minimum absolute atomic E-state index is 0. The van der Waals surface area contributed by atoms with Crippen LogP contribution in [0.2, 0.25) is 0 Å². The van der Waals surface area contributed by atoms with Gasteiger partial charge in [-0.2, -0.15) is 0 Å². The summed E-state index contributed by atoms with van der Waals surface area (Å²) in [5.41, 5.74) is -2.59. The summed E-state index contributed by atoms with van der Waals surface area (Å²) in [6, 6.07) is 8.07. The molecule has 0 aromatic heterocycles. The molecule has 0 unspecified atom stereocenters. The summed E-state index contributed by atoms with van der Waals surface area (Å²) < 4.78 is 0. The lowest BCUT2D eigenvalue weighted by Crippen LogP contribution is -2.53. The smallest absolute Gasteiger partial charge is 0.326 e. The molecular formula is C13H18MgO4. The highest BCUT2D eigenvalue weighted by molar-refractivity contribution is 6.05. The number of carbonyl (C=O) groups is 2. The molecule has 0 bridgehead atoms. The van der Waals surface area contributed by atoms with Crippen LogP contribution in [0.1, 0.15) is 26.3 Å². The largest absolute Gasteiger partial charge is 0.480 e. The first-order chi connectivity index (χ1) is 7.74. The van der Waals surface area contributed by atoms with E-state index >= 15 is 0 Å². The maximum absolute atomic E-state index is 11.5. The lowest BCUT2D eigenvalue weighted by Gasteiger charge is -2.37. The Morgan fingerprint density at radius 3 is 1.61 bits per heavy atom. The van der Waals surface area contributed by atoms with Crippen molar-refractivity contribution in [3.05, 3.63) is 35.9 Å². The number of carboxylic acid groups (broad SMARTS) is 2. The molecule has 0 heterocycles. The average Bonchev–Trinajstić information content (AvgIpc) is 2.16. The average molecular weight is 263 g/mol. The van der Waals surface area contributed by atoms with E-state index in [1.807, 2.05) is 0 Å². The Balaban J connectivity index is 0.00000289. The van der Waals surface area contributed by atoms with Gasteiger partial charge >= 0.3 is 35.0 Å². The second-order valence-electron chi connectivity index (χ2n) is 4.98. The summed E-state index contributed by atoms with van der Waals surface area (Å²) in [6.45, 7) is 4.84. The molecule has 1 aromatic carbocycles. The Morgan fingerprint density at radius 2 is 1.33 bits per heavy atom. The van der Waals surface area contributed by atoms with Crippen molar-refractivity contribution in [3.8, 4) is 0 Å². The zero-order chi connectivity index (χ0) is 13.3. The minimum Gasteiger partial charge on any atom is -0.480 e. The van der Waals surface area contributed by atoms with Gasteiger partial charge in [-0.3, -0.25) is 9.59 Å². The van der Waals surface area contributed by atoms with E-state index in [-0.39, 0.29) is 28.6 Å². The summed E-state index contributed by atoms with van der Waals surface area (Å²) >= 11 is 0. The minimum atomic E-state index is -1.94. The van der Waals surface area contributed by atoms with Gasteiger partial charge < -0.3 is 10.2 Å². The van der Waals surface area contributed by atoms with Crippen molar-refractivity contribution in [1.29, 1.82) is 0 Å². The Labute approximate surface area is 122 Å². The van der Waals surface area contributed by atoms with Crippen LogP contribution in [0.4, 0.5) is 0 Å². The molecule has 18 heavy (non-hydrogen) atoms. The highest BCUT2D eigenvalue weighted by Crippen LogP contribution is 2.42. The third-order valence-corrected chi connectivity index (χ3v) is 2.97. The van der Waals surface area contributed by atoms with Gasteiger partial charge in [0.15, 0.2) is 5.41 Å². The predicted molar refractivity (Wildman–Crippen MR) is 71.4 cm³/mol. The molecule has 0 saturated carbocycles. The molecular weight excluding hydrogens is 244 g/mol. The molecule has 0 aliphatic rings. The Morgan fingerprint density at radius 1 is 0.944 bits per heavy atom. The van der Waals surface area contributed by atoms with Crippen LogP contribution in [0.5, 0.6) is 0 Å². The number of aliphatic carboxylic acids is 2. The van der Waals surface area contributed by atoms with Gasteiger partial charge in [0.2, 0.25) is 0 Å². The van der Waals surface area contributed by atoms with E-state index in [9.17, 15) is 19.8 Å². The lowest BCUT2D eigenvalue weighted by atomic mass is 9.62. The molecule has 0 spiro atoms. The maximum atomic E-state index is 11.5. The molecule has 2 N–H and O–H groups in total. The molecule has 0 fully saturated rings. The monoisotopic (exact) mass is 262 g/mol. The van der Waals surface area contributed by atoms with Crippen LogP contribution in [0.15, 0.2) is 30.3 Å². The maximum Gasteiger partial charge on any atom is 0.326 e. The summed E-state index contributed by atoms with van der Waals surface area (Å²) in [5.74, 6) is -2.69. The van der Waals surface area contributed by atoms with Crippen LogP contribution >= 0.6 is 0 Å². The molecule has 4 nitrogen and oxygen atoms in total. The second kappa shape index (κ2) is 5.71. The fraction of sp³-hybridized carbons (Fsp3) is 0.385. The number of hydrogen-bond acceptors (Lipinski definition) is 2.